The van der Waals surface area contributed by atoms with Crippen LogP contribution in [0.15, 0.2) is 30.3 Å². The Hall–Kier alpha value is -4.33. The zero-order valence-corrected chi connectivity index (χ0v) is 23.5. The van der Waals surface area contributed by atoms with Gasteiger partial charge in [0.25, 0.3) is 11.8 Å². The molecule has 0 radical (unpaired) electrons. The number of carbonyl (C=O) groups excluding carboxylic acids is 4. The molecular weight excluding hydrogens is 580 g/mol. The lowest BCUT2D eigenvalue weighted by Crippen LogP contribution is -2.56. The van der Waals surface area contributed by atoms with Gasteiger partial charge in [-0.15, -0.1) is 0 Å². The third kappa shape index (κ3) is 8.37. The summed E-state index contributed by atoms with van der Waals surface area (Å²) < 4.78 is 64.5. The number of rotatable bonds is 11. The highest BCUT2D eigenvalue weighted by atomic mass is 19.2. The number of hydrogen-bond acceptors (Lipinski definition) is 7. The van der Waals surface area contributed by atoms with Crippen molar-refractivity contribution in [2.75, 3.05) is 26.3 Å². The van der Waals surface area contributed by atoms with Gasteiger partial charge in [-0.2, -0.15) is 8.78 Å². The maximum atomic E-state index is 13.9. The fraction of sp³-hybridized carbons (Fsp3) is 0.414. The molecule has 1 fully saturated rings. The molecule has 3 rings (SSSR count). The summed E-state index contributed by atoms with van der Waals surface area (Å²) in [5.41, 5.74) is 1.28. The molecule has 0 saturated carbocycles. The Kier molecular flexibility index (Phi) is 10.6. The molecule has 0 aliphatic carbocycles. The first kappa shape index (κ1) is 33.2. The molecule has 0 bridgehead atoms. The highest BCUT2D eigenvalue weighted by molar-refractivity contribution is 6.36. The number of carbonyl (C=O) groups is 5. The highest BCUT2D eigenvalue weighted by Gasteiger charge is 2.35. The van der Waals surface area contributed by atoms with Crippen LogP contribution in [0.2, 0.25) is 0 Å². The lowest BCUT2D eigenvalue weighted by molar-refractivity contribution is -0.154. The van der Waals surface area contributed by atoms with Crippen molar-refractivity contribution in [1.82, 2.24) is 10.2 Å². The number of hydrogen-bond donors (Lipinski definition) is 2. The van der Waals surface area contributed by atoms with E-state index in [-0.39, 0.29) is 37.6 Å². The first-order valence-electron chi connectivity index (χ1n) is 13.1. The number of amides is 2. The number of nitrogens with one attached hydrogen (secondary N) is 1. The van der Waals surface area contributed by atoms with Crippen molar-refractivity contribution >= 4 is 29.4 Å². The SMILES string of the molecule is CC(C)(C)c1ccccc1CC(=O)C(=O)N1CCOC(C(=O)N[C@@H](CC(=O)O)C(=O)COc2c(F)c(F)cc(F)c2F)C1. The number of ether oxygens (including phenoxy) is 2. The molecular formula is C29H30F4N2O8. The summed E-state index contributed by atoms with van der Waals surface area (Å²) >= 11 is 0. The summed E-state index contributed by atoms with van der Waals surface area (Å²) in [7, 11) is 0. The van der Waals surface area contributed by atoms with E-state index >= 15 is 0 Å². The van der Waals surface area contributed by atoms with Gasteiger partial charge in [-0.05, 0) is 16.5 Å². The lowest BCUT2D eigenvalue weighted by Gasteiger charge is -2.32. The summed E-state index contributed by atoms with van der Waals surface area (Å²) in [5, 5.41) is 11.3. The van der Waals surface area contributed by atoms with Crippen LogP contribution >= 0.6 is 0 Å². The van der Waals surface area contributed by atoms with Gasteiger partial charge in [0, 0.05) is 19.0 Å². The Balaban J connectivity index is 1.66. The Labute approximate surface area is 243 Å². The molecule has 2 amide bonds. The third-order valence-electron chi connectivity index (χ3n) is 6.58. The topological polar surface area (TPSA) is 139 Å². The van der Waals surface area contributed by atoms with Gasteiger partial charge in [-0.1, -0.05) is 45.0 Å². The maximum Gasteiger partial charge on any atom is 0.305 e. The summed E-state index contributed by atoms with van der Waals surface area (Å²) in [6, 6.07) is 5.32. The van der Waals surface area contributed by atoms with Gasteiger partial charge in [0.05, 0.1) is 19.6 Å². The van der Waals surface area contributed by atoms with Crippen molar-refractivity contribution in [3.8, 4) is 5.75 Å². The van der Waals surface area contributed by atoms with Crippen LogP contribution in [0.5, 0.6) is 5.75 Å². The van der Waals surface area contributed by atoms with Crippen molar-refractivity contribution in [3.63, 3.8) is 0 Å². The van der Waals surface area contributed by atoms with Crippen LogP contribution in [0.3, 0.4) is 0 Å². The number of morpholine rings is 1. The average Bonchev–Trinajstić information content (AvgIpc) is 2.94. The summed E-state index contributed by atoms with van der Waals surface area (Å²) in [5.74, 6) is -14.3. The van der Waals surface area contributed by atoms with E-state index in [0.29, 0.717) is 5.56 Å². The fourth-order valence-electron chi connectivity index (χ4n) is 4.43. The highest BCUT2D eigenvalue weighted by Crippen LogP contribution is 2.27. The van der Waals surface area contributed by atoms with Gasteiger partial charge in [0.1, 0.15) is 12.6 Å². The van der Waals surface area contributed by atoms with Gasteiger partial charge in [-0.3, -0.25) is 24.0 Å². The van der Waals surface area contributed by atoms with Gasteiger partial charge in [0.15, 0.2) is 29.3 Å². The quantitative estimate of drug-likeness (QED) is 0.225. The molecule has 1 saturated heterocycles. The molecule has 232 valence electrons. The van der Waals surface area contributed by atoms with E-state index in [1.807, 2.05) is 32.9 Å². The number of aliphatic carboxylic acids is 1. The number of ketones is 2. The molecule has 2 aromatic carbocycles. The number of carboxylic acid groups (broad SMARTS) is 1. The van der Waals surface area contributed by atoms with Crippen molar-refractivity contribution in [2.45, 2.75) is 51.2 Å². The molecule has 0 aromatic heterocycles. The Morgan fingerprint density at radius 2 is 1.70 bits per heavy atom. The van der Waals surface area contributed by atoms with E-state index in [0.717, 1.165) is 10.5 Å². The van der Waals surface area contributed by atoms with E-state index in [4.69, 9.17) is 4.74 Å². The smallest absolute Gasteiger partial charge is 0.305 e. The Morgan fingerprint density at radius 3 is 2.30 bits per heavy atom. The summed E-state index contributed by atoms with van der Waals surface area (Å²) in [4.78, 5) is 63.8. The van der Waals surface area contributed by atoms with Crippen LogP contribution < -0.4 is 10.1 Å². The zero-order chi connectivity index (χ0) is 32.1. The second-order valence-corrected chi connectivity index (χ2v) is 10.8. The monoisotopic (exact) mass is 610 g/mol. The molecule has 43 heavy (non-hydrogen) atoms. The minimum atomic E-state index is -1.91. The molecule has 1 aliphatic heterocycles. The molecule has 14 heteroatoms. The van der Waals surface area contributed by atoms with Crippen LogP contribution in [0.25, 0.3) is 0 Å². The minimum absolute atomic E-state index is 0.0120. The normalized spacial score (nSPS) is 15.9. The van der Waals surface area contributed by atoms with Gasteiger partial charge in [-0.25, -0.2) is 8.78 Å². The van der Waals surface area contributed by atoms with Crippen molar-refractivity contribution in [1.29, 1.82) is 0 Å². The van der Waals surface area contributed by atoms with Gasteiger partial charge in [0.2, 0.25) is 17.4 Å². The van der Waals surface area contributed by atoms with Crippen LogP contribution in [-0.4, -0.2) is 77.8 Å². The molecule has 2 atom stereocenters. The maximum absolute atomic E-state index is 13.9. The van der Waals surface area contributed by atoms with Gasteiger partial charge < -0.3 is 24.8 Å². The largest absolute Gasteiger partial charge is 0.481 e. The molecule has 2 aromatic rings. The van der Waals surface area contributed by atoms with Crippen molar-refractivity contribution < 1.29 is 56.1 Å². The first-order chi connectivity index (χ1) is 20.1. The molecule has 1 aliphatic rings. The first-order valence-corrected chi connectivity index (χ1v) is 13.1. The zero-order valence-electron chi connectivity index (χ0n) is 23.5. The number of nitrogens with zero attached hydrogens (tertiary/aromatic N) is 1. The molecule has 2 N–H and O–H groups in total. The molecule has 0 spiro atoms. The molecule has 1 unspecified atom stereocenters. The third-order valence-corrected chi connectivity index (χ3v) is 6.58. The number of benzene rings is 2. The molecule has 1 heterocycles. The number of Topliss-reactive ketones (excluding diaryl/α,β-unsaturated/α-hetero) is 2. The van der Waals surface area contributed by atoms with Crippen LogP contribution in [0.1, 0.15) is 38.3 Å². The minimum Gasteiger partial charge on any atom is -0.481 e. The van der Waals surface area contributed by atoms with E-state index in [9.17, 15) is 46.6 Å². The lowest BCUT2D eigenvalue weighted by atomic mass is 9.82. The van der Waals surface area contributed by atoms with Crippen LogP contribution in [-0.2, 0) is 40.5 Å². The Morgan fingerprint density at radius 1 is 1.07 bits per heavy atom. The van der Waals surface area contributed by atoms with Crippen LogP contribution in [0.4, 0.5) is 17.6 Å². The van der Waals surface area contributed by atoms with E-state index in [1.54, 1.807) is 12.1 Å². The Bertz CT molecular complexity index is 1400. The van der Waals surface area contributed by atoms with Crippen molar-refractivity contribution in [3.05, 3.63) is 64.7 Å². The predicted octanol–water partition coefficient (Wildman–Crippen LogP) is 2.49. The van der Waals surface area contributed by atoms with Crippen LogP contribution in [0, 0.1) is 23.3 Å². The van der Waals surface area contributed by atoms with E-state index in [1.165, 1.54) is 0 Å². The number of halogens is 4. The average molecular weight is 611 g/mol. The van der Waals surface area contributed by atoms with Crippen molar-refractivity contribution in [2.24, 2.45) is 0 Å². The van der Waals surface area contributed by atoms with E-state index < -0.39 is 83.5 Å². The second-order valence-electron chi connectivity index (χ2n) is 10.8. The van der Waals surface area contributed by atoms with E-state index in [2.05, 4.69) is 10.1 Å². The predicted molar refractivity (Wildman–Crippen MR) is 141 cm³/mol. The second kappa shape index (κ2) is 13.8. The summed E-state index contributed by atoms with van der Waals surface area (Å²) in [6.45, 7) is 4.10. The summed E-state index contributed by atoms with van der Waals surface area (Å²) in [6.07, 6.45) is -2.56. The molecule has 10 nitrogen and oxygen atoms in total. The fourth-order valence-corrected chi connectivity index (χ4v) is 4.43. The number of carboxylic acids is 1. The standard InChI is InChI=1S/C29H30F4N2O8/c1-29(2,3)16-7-5-4-6-15(16)10-20(36)28(41)35-8-9-42-22(13-35)27(40)34-19(12-23(38)39)21(37)14-43-26-24(32)17(30)11-18(31)25(26)33/h4-7,11,19,22H,8-10,12-14H2,1-3H3,(H,34,40)(H,38,39)/t19-,22?/m0/s1. The van der Waals surface area contributed by atoms with Gasteiger partial charge >= 0.3 is 5.97 Å².